The molecule has 0 radical (unpaired) electrons. The zero-order chi connectivity index (χ0) is 13.9. The summed E-state index contributed by atoms with van der Waals surface area (Å²) in [6.07, 6.45) is 0. The second kappa shape index (κ2) is 5.98. The van der Waals surface area contributed by atoms with Gasteiger partial charge in [-0.25, -0.2) is 0 Å². The van der Waals surface area contributed by atoms with Crippen LogP contribution in [-0.2, 0) is 13.1 Å². The molecular formula is C17H22N2S. The Morgan fingerprint density at radius 3 is 2.90 bits per heavy atom. The molecule has 106 valence electrons. The van der Waals surface area contributed by atoms with Crippen molar-refractivity contribution in [2.24, 2.45) is 5.92 Å². The van der Waals surface area contributed by atoms with Crippen LogP contribution in [0.2, 0.25) is 0 Å². The van der Waals surface area contributed by atoms with E-state index in [2.05, 4.69) is 65.2 Å². The molecule has 1 aliphatic heterocycles. The lowest BCUT2D eigenvalue weighted by molar-refractivity contribution is 0.403. The number of nitrogens with zero attached hydrogens (tertiary/aromatic N) is 1. The third-order valence-corrected chi connectivity index (χ3v) is 4.79. The van der Waals surface area contributed by atoms with Gasteiger partial charge < -0.3 is 10.2 Å². The predicted molar refractivity (Wildman–Crippen MR) is 87.3 cm³/mol. The molecule has 0 saturated carbocycles. The fourth-order valence-corrected chi connectivity index (χ4v) is 3.47. The van der Waals surface area contributed by atoms with Crippen LogP contribution in [0.1, 0.15) is 25.0 Å². The van der Waals surface area contributed by atoms with Crippen LogP contribution in [0.25, 0.3) is 0 Å². The summed E-state index contributed by atoms with van der Waals surface area (Å²) in [5, 5.41) is 8.13. The summed E-state index contributed by atoms with van der Waals surface area (Å²) in [7, 11) is 0. The molecule has 2 aromatic rings. The van der Waals surface area contributed by atoms with Gasteiger partial charge in [0, 0.05) is 31.4 Å². The first-order chi connectivity index (χ1) is 9.74. The lowest BCUT2D eigenvalue weighted by Gasteiger charge is -2.29. The van der Waals surface area contributed by atoms with Gasteiger partial charge in [0.2, 0.25) is 0 Å². The molecule has 3 heteroatoms. The number of thiophene rings is 1. The number of anilines is 1. The number of rotatable bonds is 3. The van der Waals surface area contributed by atoms with E-state index >= 15 is 0 Å². The van der Waals surface area contributed by atoms with Gasteiger partial charge in [0.05, 0.1) is 0 Å². The Kier molecular flexibility index (Phi) is 4.08. The summed E-state index contributed by atoms with van der Waals surface area (Å²) in [6, 6.07) is 11.6. The van der Waals surface area contributed by atoms with Crippen molar-refractivity contribution in [1.29, 1.82) is 0 Å². The normalized spacial score (nSPS) is 18.9. The summed E-state index contributed by atoms with van der Waals surface area (Å²) >= 11 is 1.78. The number of nitrogens with one attached hydrogen (secondary N) is 1. The van der Waals surface area contributed by atoms with Gasteiger partial charge in [0.25, 0.3) is 0 Å². The fourth-order valence-electron chi connectivity index (χ4n) is 2.81. The quantitative estimate of drug-likeness (QED) is 0.921. The Bertz CT molecular complexity index is 548. The van der Waals surface area contributed by atoms with Crippen LogP contribution in [0, 0.1) is 5.92 Å². The van der Waals surface area contributed by atoms with E-state index in [1.807, 2.05) is 0 Å². The highest BCUT2D eigenvalue weighted by Gasteiger charge is 2.23. The monoisotopic (exact) mass is 286 g/mol. The zero-order valence-electron chi connectivity index (χ0n) is 12.2. The highest BCUT2D eigenvalue weighted by Crippen LogP contribution is 2.26. The number of benzene rings is 1. The molecule has 1 aliphatic rings. The van der Waals surface area contributed by atoms with E-state index in [-0.39, 0.29) is 0 Å². The Balaban J connectivity index is 1.90. The molecule has 0 saturated heterocycles. The molecule has 0 bridgehead atoms. The molecule has 20 heavy (non-hydrogen) atoms. The van der Waals surface area contributed by atoms with Gasteiger partial charge in [0.15, 0.2) is 0 Å². The molecule has 1 atom stereocenters. The molecule has 2 nitrogen and oxygen atoms in total. The highest BCUT2D eigenvalue weighted by molar-refractivity contribution is 7.07. The molecule has 1 unspecified atom stereocenters. The van der Waals surface area contributed by atoms with Crippen molar-refractivity contribution < 1.29 is 0 Å². The molecule has 0 aliphatic carbocycles. The molecular weight excluding hydrogens is 264 g/mol. The maximum Gasteiger partial charge on any atom is 0.0438 e. The Hall–Kier alpha value is -1.32. The van der Waals surface area contributed by atoms with Gasteiger partial charge in [-0.15, -0.1) is 0 Å². The summed E-state index contributed by atoms with van der Waals surface area (Å²) in [5.74, 6) is 0.647. The maximum absolute atomic E-state index is 3.71. The molecule has 1 N–H and O–H groups in total. The first kappa shape index (κ1) is 13.7. The van der Waals surface area contributed by atoms with E-state index in [1.165, 1.54) is 16.8 Å². The van der Waals surface area contributed by atoms with Crippen LogP contribution in [0.4, 0.5) is 5.69 Å². The number of hydrogen-bond donors (Lipinski definition) is 1. The minimum Gasteiger partial charge on any atom is -0.365 e. The van der Waals surface area contributed by atoms with E-state index in [4.69, 9.17) is 0 Å². The van der Waals surface area contributed by atoms with Crippen molar-refractivity contribution >= 4 is 17.0 Å². The first-order valence-electron chi connectivity index (χ1n) is 7.31. The second-order valence-corrected chi connectivity index (χ2v) is 6.65. The molecule has 2 heterocycles. The third-order valence-electron chi connectivity index (χ3n) is 4.06. The Morgan fingerprint density at radius 2 is 2.15 bits per heavy atom. The lowest BCUT2D eigenvalue weighted by Crippen LogP contribution is -2.41. The zero-order valence-corrected chi connectivity index (χ0v) is 13.0. The third kappa shape index (κ3) is 2.89. The summed E-state index contributed by atoms with van der Waals surface area (Å²) in [5.41, 5.74) is 4.20. The first-order valence-corrected chi connectivity index (χ1v) is 8.25. The summed E-state index contributed by atoms with van der Waals surface area (Å²) in [4.78, 5) is 2.53. The van der Waals surface area contributed by atoms with Crippen LogP contribution in [0.15, 0.2) is 41.1 Å². The van der Waals surface area contributed by atoms with E-state index in [9.17, 15) is 0 Å². The van der Waals surface area contributed by atoms with Crippen molar-refractivity contribution in [3.05, 3.63) is 52.2 Å². The van der Waals surface area contributed by atoms with Gasteiger partial charge in [-0.2, -0.15) is 11.3 Å². The van der Waals surface area contributed by atoms with Crippen LogP contribution in [-0.4, -0.2) is 12.6 Å². The van der Waals surface area contributed by atoms with Gasteiger partial charge in [-0.3, -0.25) is 0 Å². The predicted octanol–water partition coefficient (Wildman–Crippen LogP) is 3.88. The molecule has 0 amide bonds. The average molecular weight is 286 g/mol. The average Bonchev–Trinajstić information content (AvgIpc) is 2.88. The topological polar surface area (TPSA) is 15.3 Å². The summed E-state index contributed by atoms with van der Waals surface area (Å²) in [6.45, 7) is 7.65. The Morgan fingerprint density at radius 1 is 1.30 bits per heavy atom. The van der Waals surface area contributed by atoms with E-state index in [1.54, 1.807) is 11.3 Å². The van der Waals surface area contributed by atoms with Crippen molar-refractivity contribution in [2.45, 2.75) is 33.0 Å². The largest absolute Gasteiger partial charge is 0.365 e. The molecule has 1 aromatic heterocycles. The van der Waals surface area contributed by atoms with Crippen LogP contribution in [0.3, 0.4) is 0 Å². The number of hydrogen-bond acceptors (Lipinski definition) is 3. The van der Waals surface area contributed by atoms with Gasteiger partial charge in [-0.05, 0) is 39.9 Å². The van der Waals surface area contributed by atoms with E-state index in [0.29, 0.717) is 12.0 Å². The van der Waals surface area contributed by atoms with Crippen molar-refractivity contribution in [3.8, 4) is 0 Å². The van der Waals surface area contributed by atoms with E-state index < -0.39 is 0 Å². The molecule has 3 rings (SSSR count). The Labute approximate surface area is 125 Å². The number of para-hydroxylation sites is 1. The van der Waals surface area contributed by atoms with Crippen LogP contribution in [0.5, 0.6) is 0 Å². The molecule has 1 aromatic carbocycles. The van der Waals surface area contributed by atoms with Crippen LogP contribution >= 0.6 is 11.3 Å². The van der Waals surface area contributed by atoms with Crippen LogP contribution < -0.4 is 10.2 Å². The maximum atomic E-state index is 3.71. The fraction of sp³-hybridized carbons (Fsp3) is 0.412. The molecule has 0 fully saturated rings. The second-order valence-electron chi connectivity index (χ2n) is 5.87. The van der Waals surface area contributed by atoms with E-state index in [0.717, 1.165) is 19.6 Å². The minimum absolute atomic E-state index is 0.543. The van der Waals surface area contributed by atoms with Gasteiger partial charge >= 0.3 is 0 Å². The minimum atomic E-state index is 0.543. The van der Waals surface area contributed by atoms with Crippen molar-refractivity contribution in [1.82, 2.24) is 5.32 Å². The summed E-state index contributed by atoms with van der Waals surface area (Å²) < 4.78 is 0. The van der Waals surface area contributed by atoms with Crippen molar-refractivity contribution in [3.63, 3.8) is 0 Å². The SMILES string of the molecule is CC(C)C1CN(Cc2ccsc2)c2ccccc2CN1. The highest BCUT2D eigenvalue weighted by atomic mass is 32.1. The van der Waals surface area contributed by atoms with Crippen molar-refractivity contribution in [2.75, 3.05) is 11.4 Å². The molecule has 0 spiro atoms. The van der Waals surface area contributed by atoms with Gasteiger partial charge in [-0.1, -0.05) is 32.0 Å². The lowest BCUT2D eigenvalue weighted by atomic mass is 10.0. The standard InChI is InChI=1S/C17H22N2S/c1-13(2)16-11-19(10-14-7-8-20-12-14)17-6-4-3-5-15(17)9-18-16/h3-8,12-13,16,18H,9-11H2,1-2H3. The number of fused-ring (bicyclic) bond motifs is 1. The smallest absolute Gasteiger partial charge is 0.0438 e. The van der Waals surface area contributed by atoms with Gasteiger partial charge in [0.1, 0.15) is 0 Å².